The molecule has 0 aliphatic heterocycles. The van der Waals surface area contributed by atoms with Crippen LogP contribution in [0.3, 0.4) is 0 Å². The van der Waals surface area contributed by atoms with Gasteiger partial charge in [-0.2, -0.15) is 0 Å². The fourth-order valence-corrected chi connectivity index (χ4v) is 1.48. The van der Waals surface area contributed by atoms with Crippen molar-refractivity contribution in [3.05, 3.63) is 52.9 Å². The number of hydrogen-bond acceptors (Lipinski definition) is 4. The largest absolute Gasteiger partial charge is 0.436 e. The van der Waals surface area contributed by atoms with Crippen LogP contribution < -0.4 is 10.5 Å². The zero-order valence-electron chi connectivity index (χ0n) is 9.55. The zero-order valence-corrected chi connectivity index (χ0v) is 10.3. The molecule has 0 fully saturated rings. The van der Waals surface area contributed by atoms with Crippen molar-refractivity contribution in [2.75, 3.05) is 0 Å². The van der Waals surface area contributed by atoms with Gasteiger partial charge in [0.1, 0.15) is 5.75 Å². The lowest BCUT2D eigenvalue weighted by atomic mass is 10.2. The summed E-state index contributed by atoms with van der Waals surface area (Å²) in [4.78, 5) is 3.73. The molecule has 0 spiro atoms. The van der Waals surface area contributed by atoms with Gasteiger partial charge in [-0.3, -0.25) is 0 Å². The van der Waals surface area contributed by atoms with Crippen LogP contribution in [0.25, 0.3) is 0 Å². The number of rotatable bonds is 3. The second-order valence-corrected chi connectivity index (χ2v) is 3.99. The molecule has 2 rings (SSSR count). The van der Waals surface area contributed by atoms with E-state index < -0.39 is 5.82 Å². The number of nitrogens with two attached hydrogens (primary N) is 1. The Morgan fingerprint density at radius 1 is 1.37 bits per heavy atom. The van der Waals surface area contributed by atoms with E-state index in [0.717, 1.165) is 6.07 Å². The third-order valence-electron chi connectivity index (χ3n) is 2.25. The Morgan fingerprint density at radius 2 is 2.05 bits per heavy atom. The van der Waals surface area contributed by atoms with E-state index >= 15 is 0 Å². The molecule has 0 aliphatic rings. The summed E-state index contributed by atoms with van der Waals surface area (Å²) in [5, 5.41) is 11.6. The summed E-state index contributed by atoms with van der Waals surface area (Å²) in [7, 11) is 0. The molecular formula is C12H9ClFN3O2. The summed E-state index contributed by atoms with van der Waals surface area (Å²) in [6.45, 7) is 0. The molecule has 0 saturated heterocycles. The standard InChI is InChI=1S/C12H9ClFN3O2/c13-8-5-10(14)12(16-6-8)19-9-3-1-7(2-4-9)11(15)17-18/h1-6,18H,(H2,15,17). The third-order valence-corrected chi connectivity index (χ3v) is 2.45. The van der Waals surface area contributed by atoms with Gasteiger partial charge in [0.15, 0.2) is 11.7 Å². The van der Waals surface area contributed by atoms with Crippen LogP contribution in [0.2, 0.25) is 5.02 Å². The zero-order chi connectivity index (χ0) is 13.8. The van der Waals surface area contributed by atoms with Gasteiger partial charge in [-0.05, 0) is 30.3 Å². The molecule has 19 heavy (non-hydrogen) atoms. The molecule has 1 heterocycles. The molecule has 2 aromatic rings. The van der Waals surface area contributed by atoms with Crippen LogP contribution in [-0.2, 0) is 0 Å². The summed E-state index contributed by atoms with van der Waals surface area (Å²) >= 11 is 5.58. The number of ether oxygens (including phenoxy) is 1. The van der Waals surface area contributed by atoms with E-state index in [1.165, 1.54) is 6.20 Å². The van der Waals surface area contributed by atoms with Crippen molar-refractivity contribution >= 4 is 17.4 Å². The predicted octanol–water partition coefficient (Wildman–Crippen LogP) is 2.76. The average molecular weight is 282 g/mol. The molecule has 3 N–H and O–H groups in total. The van der Waals surface area contributed by atoms with Crippen LogP contribution in [0.1, 0.15) is 5.56 Å². The van der Waals surface area contributed by atoms with Crippen LogP contribution in [0, 0.1) is 5.82 Å². The highest BCUT2D eigenvalue weighted by Crippen LogP contribution is 2.24. The number of hydrogen-bond donors (Lipinski definition) is 2. The SMILES string of the molecule is N/C(=N\O)c1ccc(Oc2ncc(Cl)cc2F)cc1. The first kappa shape index (κ1) is 13.1. The minimum atomic E-state index is -0.659. The molecule has 98 valence electrons. The molecule has 0 amide bonds. The van der Waals surface area contributed by atoms with Crippen molar-refractivity contribution in [2.45, 2.75) is 0 Å². The van der Waals surface area contributed by atoms with E-state index in [0.29, 0.717) is 11.3 Å². The molecule has 7 heteroatoms. The van der Waals surface area contributed by atoms with Gasteiger partial charge in [-0.1, -0.05) is 16.8 Å². The fourth-order valence-electron chi connectivity index (χ4n) is 1.34. The second-order valence-electron chi connectivity index (χ2n) is 3.55. The Morgan fingerprint density at radius 3 is 2.63 bits per heavy atom. The van der Waals surface area contributed by atoms with Gasteiger partial charge in [-0.15, -0.1) is 0 Å². The Hall–Kier alpha value is -2.34. The number of halogens is 2. The predicted molar refractivity (Wildman–Crippen MR) is 68.2 cm³/mol. The van der Waals surface area contributed by atoms with Gasteiger partial charge < -0.3 is 15.7 Å². The van der Waals surface area contributed by atoms with E-state index in [4.69, 9.17) is 27.3 Å². The normalized spacial score (nSPS) is 11.4. The van der Waals surface area contributed by atoms with Crippen molar-refractivity contribution in [3.63, 3.8) is 0 Å². The summed E-state index contributed by atoms with van der Waals surface area (Å²) in [6, 6.07) is 7.33. The van der Waals surface area contributed by atoms with Crippen molar-refractivity contribution in [2.24, 2.45) is 10.9 Å². The van der Waals surface area contributed by atoms with Crippen molar-refractivity contribution in [1.82, 2.24) is 4.98 Å². The highest BCUT2D eigenvalue weighted by molar-refractivity contribution is 6.30. The van der Waals surface area contributed by atoms with Gasteiger partial charge in [0.05, 0.1) is 5.02 Å². The molecule has 0 unspecified atom stereocenters. The van der Waals surface area contributed by atoms with Gasteiger partial charge in [-0.25, -0.2) is 9.37 Å². The van der Waals surface area contributed by atoms with Crippen LogP contribution in [0.5, 0.6) is 11.6 Å². The Balaban J connectivity index is 2.20. The monoisotopic (exact) mass is 281 g/mol. The van der Waals surface area contributed by atoms with E-state index in [1.807, 2.05) is 0 Å². The maximum absolute atomic E-state index is 13.5. The van der Waals surface area contributed by atoms with Crippen molar-refractivity contribution in [3.8, 4) is 11.6 Å². The maximum Gasteiger partial charge on any atom is 0.255 e. The molecule has 0 bridgehead atoms. The third kappa shape index (κ3) is 3.11. The smallest absolute Gasteiger partial charge is 0.255 e. The highest BCUT2D eigenvalue weighted by Gasteiger charge is 2.07. The van der Waals surface area contributed by atoms with Gasteiger partial charge >= 0.3 is 0 Å². The summed E-state index contributed by atoms with van der Waals surface area (Å²) < 4.78 is 18.7. The number of pyridine rings is 1. The number of nitrogens with zero attached hydrogens (tertiary/aromatic N) is 2. The minimum absolute atomic E-state index is 0.0256. The van der Waals surface area contributed by atoms with E-state index in [9.17, 15) is 4.39 Å². The minimum Gasteiger partial charge on any atom is -0.436 e. The molecule has 5 nitrogen and oxygen atoms in total. The topological polar surface area (TPSA) is 80.7 Å². The highest BCUT2D eigenvalue weighted by atomic mass is 35.5. The quantitative estimate of drug-likeness (QED) is 0.392. The number of aromatic nitrogens is 1. The Labute approximate surface area is 113 Å². The van der Waals surface area contributed by atoms with Crippen LogP contribution >= 0.6 is 11.6 Å². The van der Waals surface area contributed by atoms with Gasteiger partial charge in [0.2, 0.25) is 0 Å². The van der Waals surface area contributed by atoms with Crippen LogP contribution in [-0.4, -0.2) is 16.0 Å². The summed E-state index contributed by atoms with van der Waals surface area (Å²) in [6.07, 6.45) is 1.28. The Bertz CT molecular complexity index is 617. The second kappa shape index (κ2) is 5.53. The lowest BCUT2D eigenvalue weighted by molar-refractivity contribution is 0.318. The fraction of sp³-hybridized carbons (Fsp3) is 0. The lowest BCUT2D eigenvalue weighted by Gasteiger charge is -2.06. The number of benzene rings is 1. The van der Waals surface area contributed by atoms with E-state index in [-0.39, 0.29) is 16.7 Å². The first-order chi connectivity index (χ1) is 9.10. The summed E-state index contributed by atoms with van der Waals surface area (Å²) in [5.74, 6) is -0.500. The Kier molecular flexibility index (Phi) is 3.82. The molecule has 0 radical (unpaired) electrons. The average Bonchev–Trinajstić information content (AvgIpc) is 2.42. The molecule has 1 aromatic carbocycles. The summed E-state index contributed by atoms with van der Waals surface area (Å²) in [5.41, 5.74) is 5.92. The lowest BCUT2D eigenvalue weighted by Crippen LogP contribution is -2.12. The number of oxime groups is 1. The molecule has 0 aliphatic carbocycles. The van der Waals surface area contributed by atoms with Crippen LogP contribution in [0.4, 0.5) is 4.39 Å². The first-order valence-corrected chi connectivity index (χ1v) is 5.55. The maximum atomic E-state index is 13.5. The molecule has 0 saturated carbocycles. The molecular weight excluding hydrogens is 273 g/mol. The first-order valence-electron chi connectivity index (χ1n) is 5.17. The van der Waals surface area contributed by atoms with E-state index in [2.05, 4.69) is 10.1 Å². The number of amidine groups is 1. The molecule has 1 aromatic heterocycles. The van der Waals surface area contributed by atoms with Crippen LogP contribution in [0.15, 0.2) is 41.7 Å². The van der Waals surface area contributed by atoms with E-state index in [1.54, 1.807) is 24.3 Å². The van der Waals surface area contributed by atoms with Gasteiger partial charge in [0.25, 0.3) is 5.88 Å². The van der Waals surface area contributed by atoms with Gasteiger partial charge in [0, 0.05) is 11.8 Å². The van der Waals surface area contributed by atoms with Crippen molar-refractivity contribution in [1.29, 1.82) is 0 Å². The van der Waals surface area contributed by atoms with Crippen molar-refractivity contribution < 1.29 is 14.3 Å². The molecule has 0 atom stereocenters.